The summed E-state index contributed by atoms with van der Waals surface area (Å²) in [4.78, 5) is 11.9. The normalized spacial score (nSPS) is 10.6. The summed E-state index contributed by atoms with van der Waals surface area (Å²) < 4.78 is 1.85. The zero-order valence-corrected chi connectivity index (χ0v) is 11.7. The molecule has 4 heteroatoms. The van der Waals surface area contributed by atoms with Crippen molar-refractivity contribution in [1.29, 1.82) is 0 Å². The van der Waals surface area contributed by atoms with E-state index < -0.39 is 0 Å². The minimum atomic E-state index is 0.168. The number of carbonyl (C=O) groups excluding carboxylic acids is 1. The van der Waals surface area contributed by atoms with Gasteiger partial charge in [-0.3, -0.25) is 4.79 Å². The van der Waals surface area contributed by atoms with Crippen LogP contribution in [-0.4, -0.2) is 16.1 Å². The maximum atomic E-state index is 11.9. The van der Waals surface area contributed by atoms with E-state index in [1.54, 1.807) is 11.8 Å². The first kappa shape index (κ1) is 13.2. The second-order valence-electron chi connectivity index (χ2n) is 4.05. The molecule has 0 aliphatic rings. The summed E-state index contributed by atoms with van der Waals surface area (Å²) in [5.41, 5.74) is 1.95. The number of thioether (sulfide) groups is 1. The highest BCUT2D eigenvalue weighted by Gasteiger charge is 2.08. The zero-order valence-electron chi connectivity index (χ0n) is 10.1. The van der Waals surface area contributed by atoms with Crippen LogP contribution in [0.5, 0.6) is 0 Å². The fourth-order valence-electron chi connectivity index (χ4n) is 1.67. The Balaban J connectivity index is 1.84. The zero-order chi connectivity index (χ0) is 13.0. The maximum absolute atomic E-state index is 11.9. The Labute approximate surface area is 116 Å². The minimum Gasteiger partial charge on any atom is -0.348 e. The minimum absolute atomic E-state index is 0.168. The van der Waals surface area contributed by atoms with Crippen LogP contribution in [0.15, 0.2) is 42.6 Å². The molecule has 0 atom stereocenters. The van der Waals surface area contributed by atoms with Crippen molar-refractivity contribution in [2.45, 2.75) is 5.75 Å². The highest BCUT2D eigenvalue weighted by molar-refractivity contribution is 7.99. The molecule has 0 saturated carbocycles. The van der Waals surface area contributed by atoms with Gasteiger partial charge in [0, 0.05) is 24.0 Å². The Kier molecular flexibility index (Phi) is 4.50. The first-order chi connectivity index (χ1) is 8.66. The van der Waals surface area contributed by atoms with E-state index in [4.69, 9.17) is 11.6 Å². The SMILES string of the molecule is Cn1cccc1C(=O)CSCc1ccc(Cl)cc1. The summed E-state index contributed by atoms with van der Waals surface area (Å²) in [6, 6.07) is 11.5. The van der Waals surface area contributed by atoms with Crippen molar-refractivity contribution in [2.75, 3.05) is 5.75 Å². The van der Waals surface area contributed by atoms with Crippen molar-refractivity contribution in [3.8, 4) is 0 Å². The molecule has 1 aromatic heterocycles. The standard InChI is InChI=1S/C14H14ClNOS/c1-16-8-2-3-13(16)14(17)10-18-9-11-4-6-12(15)7-5-11/h2-8H,9-10H2,1H3. The fourth-order valence-corrected chi connectivity index (χ4v) is 2.66. The lowest BCUT2D eigenvalue weighted by Gasteiger charge is -2.03. The van der Waals surface area contributed by atoms with Gasteiger partial charge in [0.05, 0.1) is 11.4 Å². The third-order valence-electron chi connectivity index (χ3n) is 2.64. The first-order valence-corrected chi connectivity index (χ1v) is 7.17. The van der Waals surface area contributed by atoms with E-state index in [1.165, 1.54) is 5.56 Å². The number of aryl methyl sites for hydroxylation is 1. The lowest BCUT2D eigenvalue weighted by atomic mass is 10.2. The molecule has 0 spiro atoms. The van der Waals surface area contributed by atoms with Gasteiger partial charge in [0.2, 0.25) is 0 Å². The highest BCUT2D eigenvalue weighted by atomic mass is 35.5. The van der Waals surface area contributed by atoms with Crippen molar-refractivity contribution < 1.29 is 4.79 Å². The number of Topliss-reactive ketones (excluding diaryl/α,β-unsaturated/α-hetero) is 1. The summed E-state index contributed by atoms with van der Waals surface area (Å²) in [5, 5.41) is 0.739. The van der Waals surface area contributed by atoms with E-state index in [9.17, 15) is 4.79 Å². The highest BCUT2D eigenvalue weighted by Crippen LogP contribution is 2.16. The largest absolute Gasteiger partial charge is 0.348 e. The summed E-state index contributed by atoms with van der Waals surface area (Å²) in [6.07, 6.45) is 1.89. The summed E-state index contributed by atoms with van der Waals surface area (Å²) in [5.74, 6) is 1.50. The van der Waals surface area contributed by atoms with Crippen molar-refractivity contribution in [2.24, 2.45) is 7.05 Å². The van der Waals surface area contributed by atoms with Gasteiger partial charge in [-0.05, 0) is 29.8 Å². The van der Waals surface area contributed by atoms with E-state index >= 15 is 0 Å². The Morgan fingerprint density at radius 1 is 1.28 bits per heavy atom. The maximum Gasteiger partial charge on any atom is 0.189 e. The number of benzene rings is 1. The Hall–Kier alpha value is -1.19. The lowest BCUT2D eigenvalue weighted by molar-refractivity contribution is 0.101. The average molecular weight is 280 g/mol. The average Bonchev–Trinajstić information content (AvgIpc) is 2.78. The molecule has 0 unspecified atom stereocenters. The topological polar surface area (TPSA) is 22.0 Å². The van der Waals surface area contributed by atoms with Gasteiger partial charge in [-0.15, -0.1) is 11.8 Å². The van der Waals surface area contributed by atoms with Crippen molar-refractivity contribution in [3.05, 3.63) is 58.9 Å². The number of ketones is 1. The predicted octanol–water partition coefficient (Wildman–Crippen LogP) is 3.79. The van der Waals surface area contributed by atoms with Gasteiger partial charge in [-0.1, -0.05) is 23.7 Å². The lowest BCUT2D eigenvalue weighted by Crippen LogP contribution is -2.07. The summed E-state index contributed by atoms with van der Waals surface area (Å²) in [7, 11) is 1.89. The third kappa shape index (κ3) is 3.40. The molecule has 0 amide bonds. The van der Waals surface area contributed by atoms with Gasteiger partial charge in [0.25, 0.3) is 0 Å². The molecule has 0 aliphatic heterocycles. The number of halogens is 1. The van der Waals surface area contributed by atoms with E-state index in [-0.39, 0.29) is 5.78 Å². The molecule has 0 fully saturated rings. The van der Waals surface area contributed by atoms with Crippen LogP contribution in [-0.2, 0) is 12.8 Å². The molecule has 1 aromatic carbocycles. The van der Waals surface area contributed by atoms with Gasteiger partial charge in [0.1, 0.15) is 0 Å². The molecule has 2 aromatic rings. The van der Waals surface area contributed by atoms with Crippen LogP contribution in [0.2, 0.25) is 5.02 Å². The van der Waals surface area contributed by atoms with Gasteiger partial charge in [-0.25, -0.2) is 0 Å². The number of rotatable bonds is 5. The van der Waals surface area contributed by atoms with E-state index in [1.807, 2.05) is 54.2 Å². The molecule has 2 rings (SSSR count). The van der Waals surface area contributed by atoms with Gasteiger partial charge in [0.15, 0.2) is 5.78 Å². The first-order valence-electron chi connectivity index (χ1n) is 5.63. The Morgan fingerprint density at radius 2 is 2.00 bits per heavy atom. The molecule has 18 heavy (non-hydrogen) atoms. The van der Waals surface area contributed by atoms with Crippen LogP contribution in [0.1, 0.15) is 16.1 Å². The van der Waals surface area contributed by atoms with Crippen LogP contribution in [0.3, 0.4) is 0 Å². The number of hydrogen-bond donors (Lipinski definition) is 0. The molecule has 0 saturated heterocycles. The molecule has 0 aliphatic carbocycles. The van der Waals surface area contributed by atoms with E-state index in [0.29, 0.717) is 5.75 Å². The molecule has 1 heterocycles. The molecule has 94 valence electrons. The second kappa shape index (κ2) is 6.12. The van der Waals surface area contributed by atoms with Crippen molar-refractivity contribution >= 4 is 29.1 Å². The number of nitrogens with zero attached hydrogens (tertiary/aromatic N) is 1. The quantitative estimate of drug-likeness (QED) is 0.777. The van der Waals surface area contributed by atoms with Gasteiger partial charge >= 0.3 is 0 Å². The van der Waals surface area contributed by atoms with Crippen LogP contribution < -0.4 is 0 Å². The smallest absolute Gasteiger partial charge is 0.189 e. The molecule has 0 bridgehead atoms. The predicted molar refractivity (Wildman–Crippen MR) is 77.4 cm³/mol. The van der Waals surface area contributed by atoms with Crippen molar-refractivity contribution in [1.82, 2.24) is 4.57 Å². The van der Waals surface area contributed by atoms with Crippen LogP contribution in [0.4, 0.5) is 0 Å². The van der Waals surface area contributed by atoms with E-state index in [2.05, 4.69) is 0 Å². The monoisotopic (exact) mass is 279 g/mol. The Morgan fingerprint density at radius 3 is 2.61 bits per heavy atom. The second-order valence-corrected chi connectivity index (χ2v) is 5.47. The molecule has 0 radical (unpaired) electrons. The Bertz CT molecular complexity index is 533. The fraction of sp³-hybridized carbons (Fsp3) is 0.214. The number of carbonyl (C=O) groups is 1. The van der Waals surface area contributed by atoms with Gasteiger partial charge < -0.3 is 4.57 Å². The third-order valence-corrected chi connectivity index (χ3v) is 3.90. The molecular formula is C14H14ClNOS. The van der Waals surface area contributed by atoms with Crippen LogP contribution in [0.25, 0.3) is 0 Å². The molecular weight excluding hydrogens is 266 g/mol. The van der Waals surface area contributed by atoms with Crippen LogP contribution in [0, 0.1) is 0 Å². The van der Waals surface area contributed by atoms with Crippen molar-refractivity contribution in [3.63, 3.8) is 0 Å². The summed E-state index contributed by atoms with van der Waals surface area (Å²) in [6.45, 7) is 0. The molecule has 0 N–H and O–H groups in total. The van der Waals surface area contributed by atoms with Crippen LogP contribution >= 0.6 is 23.4 Å². The number of hydrogen-bond acceptors (Lipinski definition) is 2. The molecule has 2 nitrogen and oxygen atoms in total. The van der Waals surface area contributed by atoms with Gasteiger partial charge in [-0.2, -0.15) is 0 Å². The number of aromatic nitrogens is 1. The summed E-state index contributed by atoms with van der Waals surface area (Å²) >= 11 is 7.44. The van der Waals surface area contributed by atoms with E-state index in [0.717, 1.165) is 16.5 Å².